The fourth-order valence-electron chi connectivity index (χ4n) is 2.07. The van der Waals surface area contributed by atoms with E-state index in [9.17, 15) is 4.79 Å². The van der Waals surface area contributed by atoms with E-state index in [1.807, 2.05) is 37.3 Å². The topological polar surface area (TPSA) is 55.6 Å². The Balaban J connectivity index is 2.05. The molecule has 1 aromatic rings. The van der Waals surface area contributed by atoms with Crippen LogP contribution in [0.5, 0.6) is 0 Å². The van der Waals surface area contributed by atoms with Crippen LogP contribution in [-0.2, 0) is 9.53 Å². The molecule has 2 N–H and O–H groups in total. The highest BCUT2D eigenvalue weighted by atomic mass is 16.5. The van der Waals surface area contributed by atoms with Crippen molar-refractivity contribution in [3.8, 4) is 0 Å². The lowest BCUT2D eigenvalue weighted by atomic mass is 10.1. The van der Waals surface area contributed by atoms with Gasteiger partial charge in [0.15, 0.2) is 0 Å². The van der Waals surface area contributed by atoms with Gasteiger partial charge in [0.1, 0.15) is 0 Å². The maximum atomic E-state index is 11.2. The Hall–Kier alpha value is -1.39. The molecule has 1 aliphatic rings. The molecule has 0 unspecified atom stereocenters. The third kappa shape index (κ3) is 2.84. The van der Waals surface area contributed by atoms with Crippen LogP contribution in [0.4, 0.5) is 0 Å². The zero-order chi connectivity index (χ0) is 12.3. The minimum Gasteiger partial charge on any atom is -0.371 e. The van der Waals surface area contributed by atoms with Crippen LogP contribution < -0.4 is 5.73 Å². The lowest BCUT2D eigenvalue weighted by Gasteiger charge is -2.35. The van der Waals surface area contributed by atoms with Crippen LogP contribution in [0.25, 0.3) is 0 Å². The maximum Gasteiger partial charge on any atom is 0.234 e. The van der Waals surface area contributed by atoms with Crippen LogP contribution in [0.3, 0.4) is 0 Å². The van der Waals surface area contributed by atoms with Gasteiger partial charge in [-0.15, -0.1) is 0 Å². The van der Waals surface area contributed by atoms with E-state index in [1.54, 1.807) is 0 Å². The predicted octanol–water partition coefficient (Wildman–Crippen LogP) is 0.934. The van der Waals surface area contributed by atoms with Crippen molar-refractivity contribution in [3.63, 3.8) is 0 Å². The molecule has 0 radical (unpaired) electrons. The van der Waals surface area contributed by atoms with Crippen molar-refractivity contribution in [3.05, 3.63) is 35.9 Å². The molecule has 1 heterocycles. The van der Waals surface area contributed by atoms with Crippen molar-refractivity contribution >= 4 is 5.91 Å². The Labute approximate surface area is 101 Å². The van der Waals surface area contributed by atoms with Gasteiger partial charge in [-0.2, -0.15) is 0 Å². The number of hydrogen-bond donors (Lipinski definition) is 1. The van der Waals surface area contributed by atoms with Crippen molar-refractivity contribution in [1.82, 2.24) is 4.90 Å². The molecule has 4 heteroatoms. The molecule has 0 bridgehead atoms. The molecule has 2 atom stereocenters. The van der Waals surface area contributed by atoms with Gasteiger partial charge in [-0.25, -0.2) is 0 Å². The van der Waals surface area contributed by atoms with Gasteiger partial charge >= 0.3 is 0 Å². The van der Waals surface area contributed by atoms with Gasteiger partial charge in [-0.05, 0) is 12.5 Å². The van der Waals surface area contributed by atoms with Crippen LogP contribution in [0.1, 0.15) is 18.6 Å². The molecular formula is C13H18N2O2. The van der Waals surface area contributed by atoms with Crippen LogP contribution in [0.15, 0.2) is 30.3 Å². The van der Waals surface area contributed by atoms with E-state index in [-0.39, 0.29) is 18.1 Å². The van der Waals surface area contributed by atoms with E-state index in [0.29, 0.717) is 13.2 Å². The number of carbonyl (C=O) groups is 1. The molecule has 17 heavy (non-hydrogen) atoms. The van der Waals surface area contributed by atoms with Crippen molar-refractivity contribution in [2.45, 2.75) is 19.1 Å². The minimum atomic E-state index is -0.279. The quantitative estimate of drug-likeness (QED) is 0.846. The van der Waals surface area contributed by atoms with Gasteiger partial charge in [0.2, 0.25) is 5.91 Å². The number of ether oxygens (including phenoxy) is 1. The molecule has 0 spiro atoms. The highest BCUT2D eigenvalue weighted by Gasteiger charge is 2.27. The largest absolute Gasteiger partial charge is 0.371 e. The molecule has 4 nitrogen and oxygen atoms in total. The van der Waals surface area contributed by atoms with E-state index in [2.05, 4.69) is 4.90 Å². The standard InChI is InChI=1S/C13H18N2O2/c1-10(13(14)16)15-7-8-17-12(9-15)11-5-3-2-4-6-11/h2-6,10,12H,7-9H2,1H3,(H2,14,16)/t10-,12+/m1/s1. The Morgan fingerprint density at radius 3 is 2.82 bits per heavy atom. The first-order valence-electron chi connectivity index (χ1n) is 5.88. The Bertz CT molecular complexity index is 380. The van der Waals surface area contributed by atoms with Gasteiger partial charge in [0, 0.05) is 13.1 Å². The number of amides is 1. The maximum absolute atomic E-state index is 11.2. The fraction of sp³-hybridized carbons (Fsp3) is 0.462. The summed E-state index contributed by atoms with van der Waals surface area (Å²) in [5.74, 6) is -0.279. The molecule has 0 aromatic heterocycles. The number of primary amides is 1. The summed E-state index contributed by atoms with van der Waals surface area (Å²) in [6.07, 6.45) is 0.0340. The smallest absolute Gasteiger partial charge is 0.234 e. The second-order valence-corrected chi connectivity index (χ2v) is 4.34. The Morgan fingerprint density at radius 2 is 2.18 bits per heavy atom. The summed E-state index contributed by atoms with van der Waals surface area (Å²) in [6, 6.07) is 9.83. The number of nitrogens with two attached hydrogens (primary N) is 1. The number of rotatable bonds is 3. The predicted molar refractivity (Wildman–Crippen MR) is 65.4 cm³/mol. The third-order valence-electron chi connectivity index (χ3n) is 3.23. The monoisotopic (exact) mass is 234 g/mol. The van der Waals surface area contributed by atoms with Crippen molar-refractivity contribution in [2.75, 3.05) is 19.7 Å². The van der Waals surface area contributed by atoms with E-state index in [1.165, 1.54) is 0 Å². The SMILES string of the molecule is C[C@H](C(N)=O)N1CCO[C@H](c2ccccc2)C1. The average Bonchev–Trinajstić information content (AvgIpc) is 2.39. The number of benzene rings is 1. The van der Waals surface area contributed by atoms with Gasteiger partial charge in [0.25, 0.3) is 0 Å². The summed E-state index contributed by atoms with van der Waals surface area (Å²) in [5, 5.41) is 0. The normalized spacial score (nSPS) is 23.2. The van der Waals surface area contributed by atoms with Gasteiger partial charge < -0.3 is 10.5 Å². The van der Waals surface area contributed by atoms with Gasteiger partial charge in [-0.1, -0.05) is 30.3 Å². The zero-order valence-corrected chi connectivity index (χ0v) is 10.0. The van der Waals surface area contributed by atoms with E-state index in [0.717, 1.165) is 12.1 Å². The molecule has 1 aromatic carbocycles. The summed E-state index contributed by atoms with van der Waals surface area (Å²) >= 11 is 0. The van der Waals surface area contributed by atoms with E-state index >= 15 is 0 Å². The molecule has 0 saturated carbocycles. The molecule has 1 saturated heterocycles. The Kier molecular flexibility index (Phi) is 3.76. The van der Waals surface area contributed by atoms with Crippen molar-refractivity contribution in [2.24, 2.45) is 5.73 Å². The highest BCUT2D eigenvalue weighted by molar-refractivity contribution is 5.79. The molecule has 2 rings (SSSR count). The molecule has 1 aliphatic heterocycles. The van der Waals surface area contributed by atoms with Crippen LogP contribution >= 0.6 is 0 Å². The first kappa shape index (κ1) is 12.1. The summed E-state index contributed by atoms with van der Waals surface area (Å²) in [6.45, 7) is 3.95. The van der Waals surface area contributed by atoms with Crippen molar-refractivity contribution in [1.29, 1.82) is 0 Å². The zero-order valence-electron chi connectivity index (χ0n) is 10.0. The molecular weight excluding hydrogens is 216 g/mol. The van der Waals surface area contributed by atoms with Gasteiger partial charge in [-0.3, -0.25) is 9.69 Å². The Morgan fingerprint density at radius 1 is 1.47 bits per heavy atom. The van der Waals surface area contributed by atoms with Gasteiger partial charge in [0.05, 0.1) is 18.8 Å². The summed E-state index contributed by atoms with van der Waals surface area (Å²) in [5.41, 5.74) is 6.48. The van der Waals surface area contributed by atoms with Crippen LogP contribution in [0.2, 0.25) is 0 Å². The summed E-state index contributed by atoms with van der Waals surface area (Å²) < 4.78 is 5.73. The average molecular weight is 234 g/mol. The van der Waals surface area contributed by atoms with E-state index < -0.39 is 0 Å². The molecule has 0 aliphatic carbocycles. The fourth-order valence-corrected chi connectivity index (χ4v) is 2.07. The lowest BCUT2D eigenvalue weighted by molar-refractivity contribution is -0.126. The highest BCUT2D eigenvalue weighted by Crippen LogP contribution is 2.22. The van der Waals surface area contributed by atoms with Crippen molar-refractivity contribution < 1.29 is 9.53 Å². The second kappa shape index (κ2) is 5.29. The first-order valence-corrected chi connectivity index (χ1v) is 5.88. The number of hydrogen-bond acceptors (Lipinski definition) is 3. The number of nitrogens with zero attached hydrogens (tertiary/aromatic N) is 1. The number of carbonyl (C=O) groups excluding carboxylic acids is 1. The summed E-state index contributed by atoms with van der Waals surface area (Å²) in [7, 11) is 0. The molecule has 1 fully saturated rings. The van der Waals surface area contributed by atoms with Crippen LogP contribution in [-0.4, -0.2) is 36.5 Å². The first-order chi connectivity index (χ1) is 8.18. The lowest BCUT2D eigenvalue weighted by Crippen LogP contribution is -2.48. The van der Waals surface area contributed by atoms with Crippen LogP contribution in [0, 0.1) is 0 Å². The second-order valence-electron chi connectivity index (χ2n) is 4.34. The minimum absolute atomic E-state index is 0.0340. The number of morpholine rings is 1. The van der Waals surface area contributed by atoms with E-state index in [4.69, 9.17) is 10.5 Å². The third-order valence-corrected chi connectivity index (χ3v) is 3.23. The summed E-state index contributed by atoms with van der Waals surface area (Å²) in [4.78, 5) is 13.3. The molecule has 92 valence electrons. The molecule has 1 amide bonds.